The Morgan fingerprint density at radius 1 is 1.14 bits per heavy atom. The van der Waals surface area contributed by atoms with E-state index in [1.807, 2.05) is 12.1 Å². The summed E-state index contributed by atoms with van der Waals surface area (Å²) in [5.41, 5.74) is 2.20. The molecule has 0 saturated heterocycles. The maximum Gasteiger partial charge on any atom is 0.259 e. The highest BCUT2D eigenvalue weighted by atomic mass is 16.2. The first-order valence-electron chi connectivity index (χ1n) is 4.76. The standard InChI is InChI=1S/C11H9NO2/c13-10-8-3-1-2-7(6-4-5-6)9(8)11(14)12-10/h1-3,6H,4-5H2,(H,12,13,14). The van der Waals surface area contributed by atoms with Gasteiger partial charge in [0.15, 0.2) is 0 Å². The molecule has 1 aliphatic carbocycles. The number of amides is 2. The molecule has 0 atom stereocenters. The number of benzene rings is 1. The lowest BCUT2D eigenvalue weighted by Crippen LogP contribution is -2.20. The van der Waals surface area contributed by atoms with Crippen molar-refractivity contribution >= 4 is 11.8 Å². The highest BCUT2D eigenvalue weighted by Gasteiger charge is 2.34. The van der Waals surface area contributed by atoms with Gasteiger partial charge >= 0.3 is 0 Å². The number of hydrogen-bond donors (Lipinski definition) is 1. The first kappa shape index (κ1) is 7.74. The van der Waals surface area contributed by atoms with E-state index in [1.165, 1.54) is 0 Å². The molecule has 0 aromatic heterocycles. The molecule has 0 spiro atoms. The van der Waals surface area contributed by atoms with Crippen LogP contribution in [0.25, 0.3) is 0 Å². The molecule has 0 bridgehead atoms. The summed E-state index contributed by atoms with van der Waals surface area (Å²) < 4.78 is 0. The van der Waals surface area contributed by atoms with E-state index >= 15 is 0 Å². The Hall–Kier alpha value is -1.64. The molecule has 1 heterocycles. The lowest BCUT2D eigenvalue weighted by Gasteiger charge is -2.02. The fraction of sp³-hybridized carbons (Fsp3) is 0.273. The van der Waals surface area contributed by atoms with E-state index in [1.54, 1.807) is 6.07 Å². The molecule has 3 heteroatoms. The van der Waals surface area contributed by atoms with Crippen LogP contribution < -0.4 is 5.32 Å². The molecule has 3 nitrogen and oxygen atoms in total. The largest absolute Gasteiger partial charge is 0.288 e. The molecular formula is C11H9NO2. The molecule has 2 amide bonds. The number of nitrogens with one attached hydrogen (secondary N) is 1. The Morgan fingerprint density at radius 3 is 2.64 bits per heavy atom. The van der Waals surface area contributed by atoms with Gasteiger partial charge in [0.05, 0.1) is 11.1 Å². The van der Waals surface area contributed by atoms with E-state index in [4.69, 9.17) is 0 Å². The quantitative estimate of drug-likeness (QED) is 0.676. The van der Waals surface area contributed by atoms with Crippen LogP contribution >= 0.6 is 0 Å². The molecule has 14 heavy (non-hydrogen) atoms. The SMILES string of the molecule is O=C1NC(=O)c2c1cccc2C1CC1. The summed E-state index contributed by atoms with van der Waals surface area (Å²) in [4.78, 5) is 22.8. The van der Waals surface area contributed by atoms with Gasteiger partial charge in [-0.25, -0.2) is 0 Å². The van der Waals surface area contributed by atoms with Gasteiger partial charge < -0.3 is 0 Å². The zero-order valence-electron chi connectivity index (χ0n) is 7.54. The van der Waals surface area contributed by atoms with Crippen LogP contribution in [-0.2, 0) is 0 Å². The molecule has 0 radical (unpaired) electrons. The number of fused-ring (bicyclic) bond motifs is 1. The summed E-state index contributed by atoms with van der Waals surface area (Å²) in [5, 5.41) is 2.33. The maximum absolute atomic E-state index is 11.5. The van der Waals surface area contributed by atoms with Crippen LogP contribution in [0.4, 0.5) is 0 Å². The summed E-state index contributed by atoms with van der Waals surface area (Å²) in [6, 6.07) is 5.51. The number of imide groups is 1. The van der Waals surface area contributed by atoms with Gasteiger partial charge in [-0.2, -0.15) is 0 Å². The van der Waals surface area contributed by atoms with Gasteiger partial charge in [0.1, 0.15) is 0 Å². The normalized spacial score (nSPS) is 19.4. The van der Waals surface area contributed by atoms with Gasteiger partial charge in [-0.05, 0) is 30.4 Å². The second kappa shape index (κ2) is 2.44. The van der Waals surface area contributed by atoms with Crippen LogP contribution in [0.3, 0.4) is 0 Å². The lowest BCUT2D eigenvalue weighted by molar-refractivity contribution is 0.0879. The van der Waals surface area contributed by atoms with Crippen LogP contribution in [0.5, 0.6) is 0 Å². The van der Waals surface area contributed by atoms with E-state index in [0.717, 1.165) is 18.4 Å². The van der Waals surface area contributed by atoms with Crippen LogP contribution in [-0.4, -0.2) is 11.8 Å². The summed E-state index contributed by atoms with van der Waals surface area (Å²) in [6.07, 6.45) is 2.27. The van der Waals surface area contributed by atoms with Crippen LogP contribution in [0.2, 0.25) is 0 Å². The second-order valence-electron chi connectivity index (χ2n) is 3.83. The number of carbonyl (C=O) groups excluding carboxylic acids is 2. The Morgan fingerprint density at radius 2 is 1.93 bits per heavy atom. The van der Waals surface area contributed by atoms with Gasteiger partial charge in [0.25, 0.3) is 11.8 Å². The molecule has 1 fully saturated rings. The van der Waals surface area contributed by atoms with Crippen LogP contribution in [0.15, 0.2) is 18.2 Å². The topological polar surface area (TPSA) is 46.2 Å². The van der Waals surface area contributed by atoms with Crippen molar-refractivity contribution in [3.05, 3.63) is 34.9 Å². The zero-order valence-corrected chi connectivity index (χ0v) is 7.54. The fourth-order valence-electron chi connectivity index (χ4n) is 1.98. The summed E-state index contributed by atoms with van der Waals surface area (Å²) in [6.45, 7) is 0. The van der Waals surface area contributed by atoms with E-state index < -0.39 is 0 Å². The van der Waals surface area contributed by atoms with Crippen LogP contribution in [0, 0.1) is 0 Å². The van der Waals surface area contributed by atoms with Gasteiger partial charge in [0, 0.05) is 0 Å². The van der Waals surface area contributed by atoms with E-state index in [-0.39, 0.29) is 11.8 Å². The summed E-state index contributed by atoms with van der Waals surface area (Å²) >= 11 is 0. The van der Waals surface area contributed by atoms with Crippen LogP contribution in [0.1, 0.15) is 45.0 Å². The third-order valence-corrected chi connectivity index (χ3v) is 2.81. The molecule has 1 N–H and O–H groups in total. The number of rotatable bonds is 1. The molecule has 1 saturated carbocycles. The van der Waals surface area contributed by atoms with E-state index in [2.05, 4.69) is 5.32 Å². The predicted molar refractivity (Wildman–Crippen MR) is 50.2 cm³/mol. The Bertz CT molecular complexity index is 447. The third kappa shape index (κ3) is 0.923. The molecule has 70 valence electrons. The number of hydrogen-bond acceptors (Lipinski definition) is 2. The average Bonchev–Trinajstić information content (AvgIpc) is 2.96. The molecule has 0 unspecified atom stereocenters. The molecule has 1 aromatic rings. The van der Waals surface area contributed by atoms with Crippen molar-refractivity contribution in [1.82, 2.24) is 5.32 Å². The maximum atomic E-state index is 11.5. The van der Waals surface area contributed by atoms with Gasteiger partial charge in [-0.3, -0.25) is 14.9 Å². The van der Waals surface area contributed by atoms with Crippen molar-refractivity contribution in [2.24, 2.45) is 0 Å². The van der Waals surface area contributed by atoms with Crippen molar-refractivity contribution < 1.29 is 9.59 Å². The first-order chi connectivity index (χ1) is 6.77. The van der Waals surface area contributed by atoms with Gasteiger partial charge in [-0.1, -0.05) is 12.1 Å². The third-order valence-electron chi connectivity index (χ3n) is 2.81. The van der Waals surface area contributed by atoms with Gasteiger partial charge in [-0.15, -0.1) is 0 Å². The minimum absolute atomic E-state index is 0.229. The highest BCUT2D eigenvalue weighted by molar-refractivity contribution is 6.22. The monoisotopic (exact) mass is 187 g/mol. The smallest absolute Gasteiger partial charge is 0.259 e. The number of carbonyl (C=O) groups is 2. The minimum atomic E-state index is -0.257. The molecule has 1 aromatic carbocycles. The fourth-order valence-corrected chi connectivity index (χ4v) is 1.98. The summed E-state index contributed by atoms with van der Waals surface area (Å²) in [7, 11) is 0. The molecule has 2 aliphatic rings. The zero-order chi connectivity index (χ0) is 9.71. The predicted octanol–water partition coefficient (Wildman–Crippen LogP) is 1.45. The van der Waals surface area contributed by atoms with Crippen molar-refractivity contribution in [1.29, 1.82) is 0 Å². The molecular weight excluding hydrogens is 178 g/mol. The minimum Gasteiger partial charge on any atom is -0.288 e. The molecule has 3 rings (SSSR count). The van der Waals surface area contributed by atoms with Crippen molar-refractivity contribution in [3.63, 3.8) is 0 Å². The average molecular weight is 187 g/mol. The Labute approximate surface area is 81.1 Å². The van der Waals surface area contributed by atoms with Crippen molar-refractivity contribution in [2.45, 2.75) is 18.8 Å². The summed E-state index contributed by atoms with van der Waals surface area (Å²) in [5.74, 6) is 0.0154. The van der Waals surface area contributed by atoms with E-state index in [0.29, 0.717) is 17.0 Å². The lowest BCUT2D eigenvalue weighted by atomic mass is 9.99. The Kier molecular flexibility index (Phi) is 1.35. The van der Waals surface area contributed by atoms with Crippen molar-refractivity contribution in [3.8, 4) is 0 Å². The second-order valence-corrected chi connectivity index (χ2v) is 3.83. The highest BCUT2D eigenvalue weighted by Crippen LogP contribution is 2.42. The van der Waals surface area contributed by atoms with Crippen molar-refractivity contribution in [2.75, 3.05) is 0 Å². The van der Waals surface area contributed by atoms with E-state index in [9.17, 15) is 9.59 Å². The molecule has 1 aliphatic heterocycles. The van der Waals surface area contributed by atoms with Gasteiger partial charge in [0.2, 0.25) is 0 Å². The first-order valence-corrected chi connectivity index (χ1v) is 4.76. The Balaban J connectivity index is 2.24.